The standard InChI is InChI=1S/C21H18F3NO3/c1-3-13-4-8-15(9-5-13)25-20(26)17-12-18(28-19(17)21(22,23)24)14-6-10-16(27-2)11-7-14/h4-12H,3H2,1-2H3,(H,25,26). The molecule has 1 amide bonds. The first-order chi connectivity index (χ1) is 13.3. The van der Waals surface area contributed by atoms with Gasteiger partial charge in [-0.1, -0.05) is 19.1 Å². The summed E-state index contributed by atoms with van der Waals surface area (Å²) in [4.78, 5) is 12.5. The molecule has 0 saturated carbocycles. The van der Waals surface area contributed by atoms with Gasteiger partial charge in [0.1, 0.15) is 11.5 Å². The Morgan fingerprint density at radius 3 is 2.25 bits per heavy atom. The number of alkyl halides is 3. The molecule has 4 nitrogen and oxygen atoms in total. The van der Waals surface area contributed by atoms with Crippen LogP contribution in [0.25, 0.3) is 11.3 Å². The molecule has 2 aromatic carbocycles. The molecule has 0 aliphatic heterocycles. The summed E-state index contributed by atoms with van der Waals surface area (Å²) < 4.78 is 50.2. The topological polar surface area (TPSA) is 51.5 Å². The third-order valence-corrected chi connectivity index (χ3v) is 4.23. The van der Waals surface area contributed by atoms with Gasteiger partial charge in [0.05, 0.1) is 12.7 Å². The number of carbonyl (C=O) groups excluding carboxylic acids is 1. The van der Waals surface area contributed by atoms with E-state index >= 15 is 0 Å². The molecule has 0 unspecified atom stereocenters. The maximum absolute atomic E-state index is 13.4. The number of furan rings is 1. The lowest BCUT2D eigenvalue weighted by Crippen LogP contribution is -2.16. The van der Waals surface area contributed by atoms with Crippen LogP contribution in [0.2, 0.25) is 0 Å². The Hall–Kier alpha value is -3.22. The highest BCUT2D eigenvalue weighted by Gasteiger charge is 2.40. The van der Waals surface area contributed by atoms with Crippen molar-refractivity contribution in [3.63, 3.8) is 0 Å². The van der Waals surface area contributed by atoms with Gasteiger partial charge in [0.2, 0.25) is 5.76 Å². The lowest BCUT2D eigenvalue weighted by atomic mass is 10.1. The zero-order valence-corrected chi connectivity index (χ0v) is 15.3. The van der Waals surface area contributed by atoms with Gasteiger partial charge < -0.3 is 14.5 Å². The summed E-state index contributed by atoms with van der Waals surface area (Å²) in [6.45, 7) is 1.98. The third kappa shape index (κ3) is 4.19. The van der Waals surface area contributed by atoms with E-state index in [0.717, 1.165) is 18.1 Å². The van der Waals surface area contributed by atoms with Gasteiger partial charge in [-0.25, -0.2) is 0 Å². The predicted octanol–water partition coefficient (Wildman–Crippen LogP) is 5.79. The van der Waals surface area contributed by atoms with Crippen molar-refractivity contribution >= 4 is 11.6 Å². The Labute approximate surface area is 159 Å². The summed E-state index contributed by atoms with van der Waals surface area (Å²) in [7, 11) is 1.49. The molecule has 0 atom stereocenters. The number of hydrogen-bond acceptors (Lipinski definition) is 3. The van der Waals surface area contributed by atoms with E-state index in [1.165, 1.54) is 7.11 Å². The van der Waals surface area contributed by atoms with Crippen LogP contribution in [0, 0.1) is 0 Å². The average molecular weight is 389 g/mol. The number of aryl methyl sites for hydroxylation is 1. The molecule has 1 aromatic heterocycles. The number of nitrogens with one attached hydrogen (secondary N) is 1. The molecule has 0 spiro atoms. The minimum absolute atomic E-state index is 0.0542. The second-order valence-corrected chi connectivity index (χ2v) is 6.08. The molecule has 146 valence electrons. The first-order valence-corrected chi connectivity index (χ1v) is 8.57. The highest BCUT2D eigenvalue weighted by atomic mass is 19.4. The minimum atomic E-state index is -4.80. The molecule has 3 rings (SSSR count). The quantitative estimate of drug-likeness (QED) is 0.601. The van der Waals surface area contributed by atoms with Crippen LogP contribution in [0.1, 0.15) is 28.6 Å². The molecule has 3 aromatic rings. The van der Waals surface area contributed by atoms with E-state index in [2.05, 4.69) is 5.32 Å². The fourth-order valence-corrected chi connectivity index (χ4v) is 2.69. The maximum Gasteiger partial charge on any atom is 0.450 e. The first-order valence-electron chi connectivity index (χ1n) is 8.57. The molecule has 0 bridgehead atoms. The van der Waals surface area contributed by atoms with Crippen LogP contribution in [0.5, 0.6) is 5.75 Å². The zero-order chi connectivity index (χ0) is 20.3. The second-order valence-electron chi connectivity index (χ2n) is 6.08. The second kappa shape index (κ2) is 7.80. The number of ether oxygens (including phenoxy) is 1. The summed E-state index contributed by atoms with van der Waals surface area (Å²) in [6, 6.07) is 14.3. The Balaban J connectivity index is 1.93. The van der Waals surface area contributed by atoms with Crippen molar-refractivity contribution in [3.05, 3.63) is 71.5 Å². The molecule has 1 N–H and O–H groups in total. The van der Waals surface area contributed by atoms with E-state index in [9.17, 15) is 18.0 Å². The first kappa shape index (κ1) is 19.5. The monoisotopic (exact) mass is 389 g/mol. The normalized spacial score (nSPS) is 11.3. The minimum Gasteiger partial charge on any atom is -0.497 e. The van der Waals surface area contributed by atoms with Crippen LogP contribution in [-0.4, -0.2) is 13.0 Å². The number of hydrogen-bond donors (Lipinski definition) is 1. The lowest BCUT2D eigenvalue weighted by molar-refractivity contribution is -0.153. The number of rotatable bonds is 5. The van der Waals surface area contributed by atoms with E-state index in [4.69, 9.17) is 9.15 Å². The summed E-state index contributed by atoms with van der Waals surface area (Å²) >= 11 is 0. The number of amides is 1. The van der Waals surface area contributed by atoms with Crippen LogP contribution in [-0.2, 0) is 12.6 Å². The van der Waals surface area contributed by atoms with E-state index in [-0.39, 0.29) is 5.76 Å². The highest BCUT2D eigenvalue weighted by Crippen LogP contribution is 2.37. The largest absolute Gasteiger partial charge is 0.497 e. The zero-order valence-electron chi connectivity index (χ0n) is 15.3. The smallest absolute Gasteiger partial charge is 0.450 e. The molecule has 7 heteroatoms. The van der Waals surface area contributed by atoms with Crippen molar-refractivity contribution in [1.29, 1.82) is 0 Å². The third-order valence-electron chi connectivity index (χ3n) is 4.23. The van der Waals surface area contributed by atoms with Gasteiger partial charge in [0.25, 0.3) is 5.91 Å². The van der Waals surface area contributed by atoms with Gasteiger partial charge in [-0.15, -0.1) is 0 Å². The van der Waals surface area contributed by atoms with Crippen LogP contribution >= 0.6 is 0 Å². The molecule has 1 heterocycles. The van der Waals surface area contributed by atoms with Gasteiger partial charge in [0, 0.05) is 11.3 Å². The molecule has 0 saturated heterocycles. The Bertz CT molecular complexity index is 958. The van der Waals surface area contributed by atoms with Gasteiger partial charge in [0.15, 0.2) is 0 Å². The number of methoxy groups -OCH3 is 1. The van der Waals surface area contributed by atoms with Crippen molar-refractivity contribution in [2.75, 3.05) is 12.4 Å². The lowest BCUT2D eigenvalue weighted by Gasteiger charge is -2.08. The molecule has 0 fully saturated rings. The number of benzene rings is 2. The fourth-order valence-electron chi connectivity index (χ4n) is 2.69. The van der Waals surface area contributed by atoms with Crippen molar-refractivity contribution in [2.24, 2.45) is 0 Å². The van der Waals surface area contributed by atoms with E-state index in [1.807, 2.05) is 6.92 Å². The molecular weight excluding hydrogens is 371 g/mol. The molecule has 0 radical (unpaired) electrons. The van der Waals surface area contributed by atoms with E-state index < -0.39 is 23.4 Å². The highest BCUT2D eigenvalue weighted by molar-refractivity contribution is 6.05. The van der Waals surface area contributed by atoms with Crippen LogP contribution in [0.3, 0.4) is 0 Å². The molecule has 28 heavy (non-hydrogen) atoms. The van der Waals surface area contributed by atoms with Gasteiger partial charge in [-0.3, -0.25) is 4.79 Å². The molecule has 0 aliphatic rings. The van der Waals surface area contributed by atoms with E-state index in [0.29, 0.717) is 17.0 Å². The number of halogens is 3. The number of carbonyl (C=O) groups is 1. The summed E-state index contributed by atoms with van der Waals surface area (Å²) in [5, 5.41) is 2.49. The van der Waals surface area contributed by atoms with Crippen molar-refractivity contribution in [3.8, 4) is 17.1 Å². The van der Waals surface area contributed by atoms with Crippen molar-refractivity contribution in [2.45, 2.75) is 19.5 Å². The Kier molecular flexibility index (Phi) is 5.44. The molecule has 0 aliphatic carbocycles. The van der Waals surface area contributed by atoms with E-state index in [1.54, 1.807) is 48.5 Å². The van der Waals surface area contributed by atoms with Gasteiger partial charge >= 0.3 is 6.18 Å². The Morgan fingerprint density at radius 2 is 1.71 bits per heavy atom. The SMILES string of the molecule is CCc1ccc(NC(=O)c2cc(-c3ccc(OC)cc3)oc2C(F)(F)F)cc1. The Morgan fingerprint density at radius 1 is 1.07 bits per heavy atom. The van der Waals surface area contributed by atoms with Crippen molar-refractivity contribution in [1.82, 2.24) is 0 Å². The maximum atomic E-state index is 13.4. The summed E-state index contributed by atoms with van der Waals surface area (Å²) in [6.07, 6.45) is -3.98. The summed E-state index contributed by atoms with van der Waals surface area (Å²) in [5.74, 6) is -1.72. The molecular formula is C21H18F3NO3. The van der Waals surface area contributed by atoms with Crippen LogP contribution < -0.4 is 10.1 Å². The number of anilines is 1. The van der Waals surface area contributed by atoms with Crippen molar-refractivity contribution < 1.29 is 27.1 Å². The fraction of sp³-hybridized carbons (Fsp3) is 0.190. The van der Waals surface area contributed by atoms with Gasteiger partial charge in [-0.2, -0.15) is 13.2 Å². The average Bonchev–Trinajstić information content (AvgIpc) is 3.15. The van der Waals surface area contributed by atoms with Gasteiger partial charge in [-0.05, 0) is 54.4 Å². The summed E-state index contributed by atoms with van der Waals surface area (Å²) in [5.41, 5.74) is 1.29. The van der Waals surface area contributed by atoms with Crippen LogP contribution in [0.4, 0.5) is 18.9 Å². The predicted molar refractivity (Wildman–Crippen MR) is 99.5 cm³/mol. The van der Waals surface area contributed by atoms with Crippen LogP contribution in [0.15, 0.2) is 59.0 Å².